The molecule has 0 bridgehead atoms. The first-order chi connectivity index (χ1) is 9.28. The number of nitrogens with zero attached hydrogens (tertiary/aromatic N) is 1. The third kappa shape index (κ3) is 4.84. The van der Waals surface area contributed by atoms with E-state index in [1.54, 1.807) is 6.20 Å². The van der Waals surface area contributed by atoms with Crippen LogP contribution in [-0.4, -0.2) is 18.2 Å². The molecule has 100 valence electrons. The van der Waals surface area contributed by atoms with E-state index in [0.717, 1.165) is 27.0 Å². The average Bonchev–Trinajstić information content (AvgIpc) is 2.46. The van der Waals surface area contributed by atoms with E-state index in [2.05, 4.69) is 36.8 Å². The molecule has 0 atom stereocenters. The molecule has 0 aliphatic heterocycles. The zero-order valence-corrected chi connectivity index (χ0v) is 13.4. The van der Waals surface area contributed by atoms with Crippen molar-refractivity contribution in [3.05, 3.63) is 52.8 Å². The summed E-state index contributed by atoms with van der Waals surface area (Å²) >= 11 is 6.73. The van der Waals surface area contributed by atoms with Gasteiger partial charge in [0.1, 0.15) is 24.7 Å². The van der Waals surface area contributed by atoms with Crippen molar-refractivity contribution >= 4 is 31.9 Å². The lowest BCUT2D eigenvalue weighted by Crippen LogP contribution is -2.09. The number of hydrogen-bond acceptors (Lipinski definition) is 3. The summed E-state index contributed by atoms with van der Waals surface area (Å²) in [5.74, 6) is 1.59. The van der Waals surface area contributed by atoms with Crippen LogP contribution >= 0.6 is 31.9 Å². The smallest absolute Gasteiger partial charge is 0.137 e. The van der Waals surface area contributed by atoms with Crippen LogP contribution in [0.2, 0.25) is 0 Å². The molecule has 0 fully saturated rings. The van der Waals surface area contributed by atoms with Crippen LogP contribution in [0.25, 0.3) is 0 Å². The molecule has 0 N–H and O–H groups in total. The summed E-state index contributed by atoms with van der Waals surface area (Å²) in [7, 11) is 0. The number of hydrogen-bond donors (Lipinski definition) is 0. The predicted octanol–water partition coefficient (Wildman–Crippen LogP) is 4.20. The fourth-order valence-corrected chi connectivity index (χ4v) is 2.02. The van der Waals surface area contributed by atoms with Gasteiger partial charge in [0, 0.05) is 9.80 Å². The molecule has 0 unspecified atom stereocenters. The first kappa shape index (κ1) is 14.3. The van der Waals surface area contributed by atoms with Crippen molar-refractivity contribution in [2.75, 3.05) is 13.2 Å². The molecule has 0 spiro atoms. The molecule has 19 heavy (non-hydrogen) atoms. The van der Waals surface area contributed by atoms with Crippen LogP contribution in [0.1, 0.15) is 5.69 Å². The summed E-state index contributed by atoms with van der Waals surface area (Å²) in [5, 5.41) is 0.750. The number of benzene rings is 1. The van der Waals surface area contributed by atoms with Crippen LogP contribution in [0.5, 0.6) is 11.5 Å². The van der Waals surface area contributed by atoms with Gasteiger partial charge in [-0.2, -0.15) is 0 Å². The van der Waals surface area contributed by atoms with Gasteiger partial charge in [-0.05, 0) is 36.4 Å². The zero-order valence-electron chi connectivity index (χ0n) is 10.2. The van der Waals surface area contributed by atoms with Crippen molar-refractivity contribution in [2.45, 2.75) is 5.33 Å². The quantitative estimate of drug-likeness (QED) is 0.550. The Labute approximate surface area is 129 Å². The Balaban J connectivity index is 1.72. The lowest BCUT2D eigenvalue weighted by atomic mass is 10.3. The molecule has 2 aromatic rings. The lowest BCUT2D eigenvalue weighted by Gasteiger charge is -2.08. The van der Waals surface area contributed by atoms with Crippen LogP contribution in [0.15, 0.2) is 47.1 Å². The first-order valence-corrected chi connectivity index (χ1v) is 7.71. The van der Waals surface area contributed by atoms with Gasteiger partial charge >= 0.3 is 0 Å². The van der Waals surface area contributed by atoms with Crippen molar-refractivity contribution in [1.82, 2.24) is 4.98 Å². The first-order valence-electron chi connectivity index (χ1n) is 5.80. The van der Waals surface area contributed by atoms with Crippen LogP contribution in [0, 0.1) is 0 Å². The summed E-state index contributed by atoms with van der Waals surface area (Å²) in [6, 6.07) is 11.5. The highest BCUT2D eigenvalue weighted by atomic mass is 79.9. The Morgan fingerprint density at radius 1 is 0.895 bits per heavy atom. The molecule has 0 aliphatic rings. The highest BCUT2D eigenvalue weighted by Crippen LogP contribution is 2.16. The van der Waals surface area contributed by atoms with Gasteiger partial charge in [-0.15, -0.1) is 0 Å². The molecule has 0 radical (unpaired) electrons. The van der Waals surface area contributed by atoms with E-state index in [1.165, 1.54) is 0 Å². The number of ether oxygens (including phenoxy) is 2. The molecule has 0 saturated heterocycles. The second-order valence-corrected chi connectivity index (χ2v) is 5.25. The summed E-state index contributed by atoms with van der Waals surface area (Å²) < 4.78 is 12.1. The van der Waals surface area contributed by atoms with E-state index in [9.17, 15) is 0 Å². The van der Waals surface area contributed by atoms with E-state index in [0.29, 0.717) is 13.2 Å². The van der Waals surface area contributed by atoms with Gasteiger partial charge in [0.05, 0.1) is 11.9 Å². The minimum Gasteiger partial charge on any atom is -0.490 e. The number of aromatic nitrogens is 1. The van der Waals surface area contributed by atoms with Crippen molar-refractivity contribution in [3.63, 3.8) is 0 Å². The summed E-state index contributed by atoms with van der Waals surface area (Å²) in [6.45, 7) is 0.993. The standard InChI is InChI=1S/C14H13Br2NO2/c15-9-12-3-6-14(10-17-12)19-8-7-18-13-4-1-11(16)2-5-13/h1-6,10H,7-9H2. The summed E-state index contributed by atoms with van der Waals surface area (Å²) in [6.07, 6.45) is 1.72. The van der Waals surface area contributed by atoms with E-state index in [-0.39, 0.29) is 0 Å². The van der Waals surface area contributed by atoms with E-state index in [4.69, 9.17) is 9.47 Å². The fraction of sp³-hybridized carbons (Fsp3) is 0.214. The molecule has 1 aromatic heterocycles. The van der Waals surface area contributed by atoms with Gasteiger partial charge in [0.15, 0.2) is 0 Å². The van der Waals surface area contributed by atoms with Crippen molar-refractivity contribution in [3.8, 4) is 11.5 Å². The van der Waals surface area contributed by atoms with Crippen molar-refractivity contribution < 1.29 is 9.47 Å². The van der Waals surface area contributed by atoms with Gasteiger partial charge in [-0.3, -0.25) is 4.98 Å². The fourth-order valence-electron chi connectivity index (χ4n) is 1.43. The third-order valence-electron chi connectivity index (χ3n) is 2.37. The third-order valence-corrected chi connectivity index (χ3v) is 3.47. The highest BCUT2D eigenvalue weighted by molar-refractivity contribution is 9.10. The number of pyridine rings is 1. The van der Waals surface area contributed by atoms with Gasteiger partial charge in [-0.1, -0.05) is 31.9 Å². The normalized spacial score (nSPS) is 10.2. The second-order valence-electron chi connectivity index (χ2n) is 3.77. The van der Waals surface area contributed by atoms with E-state index >= 15 is 0 Å². The van der Waals surface area contributed by atoms with Crippen molar-refractivity contribution in [1.29, 1.82) is 0 Å². The maximum absolute atomic E-state index is 5.55. The zero-order chi connectivity index (χ0) is 13.5. The minimum absolute atomic E-state index is 0.491. The predicted molar refractivity (Wildman–Crippen MR) is 82.0 cm³/mol. The Bertz CT molecular complexity index is 500. The average molecular weight is 387 g/mol. The molecule has 1 heterocycles. The van der Waals surface area contributed by atoms with Crippen LogP contribution in [0.4, 0.5) is 0 Å². The van der Waals surface area contributed by atoms with Gasteiger partial charge < -0.3 is 9.47 Å². The molecular weight excluding hydrogens is 374 g/mol. The Kier molecular flexibility index (Phi) is 5.66. The Morgan fingerprint density at radius 3 is 2.11 bits per heavy atom. The number of halogens is 2. The molecule has 3 nitrogen and oxygen atoms in total. The van der Waals surface area contributed by atoms with Crippen LogP contribution in [-0.2, 0) is 5.33 Å². The van der Waals surface area contributed by atoms with Crippen LogP contribution < -0.4 is 9.47 Å². The molecule has 5 heteroatoms. The van der Waals surface area contributed by atoms with E-state index in [1.807, 2.05) is 36.4 Å². The number of alkyl halides is 1. The summed E-state index contributed by atoms with van der Waals surface area (Å²) in [4.78, 5) is 4.23. The molecule has 0 aliphatic carbocycles. The largest absolute Gasteiger partial charge is 0.490 e. The van der Waals surface area contributed by atoms with Gasteiger partial charge in [0.25, 0.3) is 0 Å². The summed E-state index contributed by atoms with van der Waals surface area (Å²) in [5.41, 5.74) is 0.985. The van der Waals surface area contributed by atoms with E-state index < -0.39 is 0 Å². The minimum atomic E-state index is 0.491. The molecule has 0 saturated carbocycles. The molecule has 2 rings (SSSR count). The molecular formula is C14H13Br2NO2. The topological polar surface area (TPSA) is 31.4 Å². The SMILES string of the molecule is BrCc1ccc(OCCOc2ccc(Br)cc2)cn1. The van der Waals surface area contributed by atoms with Crippen LogP contribution in [0.3, 0.4) is 0 Å². The van der Waals surface area contributed by atoms with Gasteiger partial charge in [-0.25, -0.2) is 0 Å². The maximum atomic E-state index is 5.55. The molecule has 0 amide bonds. The Hall–Kier alpha value is -1.07. The highest BCUT2D eigenvalue weighted by Gasteiger charge is 1.97. The van der Waals surface area contributed by atoms with Gasteiger partial charge in [0.2, 0.25) is 0 Å². The lowest BCUT2D eigenvalue weighted by molar-refractivity contribution is 0.216. The second kappa shape index (κ2) is 7.50. The maximum Gasteiger partial charge on any atom is 0.137 e. The Morgan fingerprint density at radius 2 is 1.53 bits per heavy atom. The number of rotatable bonds is 6. The monoisotopic (exact) mass is 385 g/mol. The molecule has 1 aromatic carbocycles. The van der Waals surface area contributed by atoms with Crippen molar-refractivity contribution in [2.24, 2.45) is 0 Å².